The summed E-state index contributed by atoms with van der Waals surface area (Å²) < 4.78 is 30.6. The van der Waals surface area contributed by atoms with Crippen molar-refractivity contribution >= 4 is 31.7 Å². The lowest BCUT2D eigenvalue weighted by Gasteiger charge is -2.32. The minimum absolute atomic E-state index is 0.132. The van der Waals surface area contributed by atoms with E-state index >= 15 is 0 Å². The normalized spacial score (nSPS) is 21.9. The van der Waals surface area contributed by atoms with Gasteiger partial charge >= 0.3 is 0 Å². The van der Waals surface area contributed by atoms with Gasteiger partial charge in [0.1, 0.15) is 0 Å². The van der Waals surface area contributed by atoms with Crippen LogP contribution in [0.5, 0.6) is 0 Å². The summed E-state index contributed by atoms with van der Waals surface area (Å²) in [6, 6.07) is 3.20. The maximum atomic E-state index is 11.9. The van der Waals surface area contributed by atoms with Gasteiger partial charge in [0.25, 0.3) is 0 Å². The van der Waals surface area contributed by atoms with E-state index in [2.05, 4.69) is 35.8 Å². The number of hydrogen-bond donors (Lipinski definition) is 1. The third-order valence-corrected chi connectivity index (χ3v) is 8.20. The van der Waals surface area contributed by atoms with Crippen LogP contribution in [0.1, 0.15) is 25.0 Å². The summed E-state index contributed by atoms with van der Waals surface area (Å²) in [5.74, 6) is 2.58. The van der Waals surface area contributed by atoms with E-state index in [1.165, 1.54) is 18.7 Å². The first-order chi connectivity index (χ1) is 15.0. The van der Waals surface area contributed by atoms with Crippen molar-refractivity contribution in [3.05, 3.63) is 40.9 Å². The van der Waals surface area contributed by atoms with E-state index in [4.69, 9.17) is 9.84 Å². The number of pyridine rings is 1. The van der Waals surface area contributed by atoms with Crippen molar-refractivity contribution in [2.24, 2.45) is 17.8 Å². The maximum absolute atomic E-state index is 11.9. The van der Waals surface area contributed by atoms with Crippen LogP contribution in [-0.2, 0) is 21.2 Å². The van der Waals surface area contributed by atoms with Gasteiger partial charge in [0.05, 0.1) is 40.6 Å². The molecule has 2 aliphatic rings. The summed E-state index contributed by atoms with van der Waals surface area (Å²) in [5, 5.41) is 8.85. The average molecular weight is 511 g/mol. The van der Waals surface area contributed by atoms with Crippen LogP contribution in [0.3, 0.4) is 0 Å². The minimum atomic E-state index is -3.46. The second-order valence-corrected chi connectivity index (χ2v) is 11.3. The molecule has 2 aromatic rings. The van der Waals surface area contributed by atoms with Gasteiger partial charge in [-0.25, -0.2) is 18.4 Å². The highest BCUT2D eigenvalue weighted by molar-refractivity contribution is 9.10. The lowest BCUT2D eigenvalue weighted by atomic mass is 9.91. The summed E-state index contributed by atoms with van der Waals surface area (Å²) in [5.41, 5.74) is 0.711. The molecule has 1 N–H and O–H groups in total. The highest BCUT2D eigenvalue weighted by atomic mass is 79.9. The van der Waals surface area contributed by atoms with E-state index in [0.29, 0.717) is 24.8 Å². The Balaban J connectivity index is 1.17. The van der Waals surface area contributed by atoms with Crippen molar-refractivity contribution in [2.45, 2.75) is 30.8 Å². The van der Waals surface area contributed by atoms with Gasteiger partial charge in [-0.1, -0.05) is 0 Å². The van der Waals surface area contributed by atoms with Crippen molar-refractivity contribution in [1.82, 2.24) is 15.0 Å². The molecule has 0 bridgehead atoms. The number of rotatable bonds is 9. The Bertz CT molecular complexity index is 964. The molecule has 0 spiro atoms. The van der Waals surface area contributed by atoms with E-state index in [-0.39, 0.29) is 10.6 Å². The van der Waals surface area contributed by atoms with Crippen LogP contribution < -0.4 is 4.90 Å². The Morgan fingerprint density at radius 2 is 1.87 bits per heavy atom. The third-order valence-electron chi connectivity index (χ3n) is 6.11. The SMILES string of the molecule is O=S(=O)(CCO)c1ccc(COC[C@@H]2C[C@@H]2C2CCN(c3ncc(Br)cn3)CC2)nc1. The molecule has 0 unspecified atom stereocenters. The number of anilines is 1. The highest BCUT2D eigenvalue weighted by Gasteiger charge is 2.43. The van der Waals surface area contributed by atoms with Crippen molar-refractivity contribution in [1.29, 1.82) is 0 Å². The van der Waals surface area contributed by atoms with E-state index in [1.807, 2.05) is 0 Å². The highest BCUT2D eigenvalue weighted by Crippen LogP contribution is 2.48. The second kappa shape index (κ2) is 9.89. The van der Waals surface area contributed by atoms with Crippen molar-refractivity contribution in [2.75, 3.05) is 37.0 Å². The Hall–Kier alpha value is -1.62. The maximum Gasteiger partial charge on any atom is 0.225 e. The van der Waals surface area contributed by atoms with Crippen LogP contribution in [0, 0.1) is 17.8 Å². The zero-order valence-corrected chi connectivity index (χ0v) is 19.6. The standard InChI is InChI=1S/C21H27BrN4O4S/c22-17-10-24-21(25-11-17)26-5-3-15(4-6-26)20-9-16(20)13-30-14-18-1-2-19(12-23-18)31(28,29)8-7-27/h1-2,10-12,15-16,20,27H,3-9,13-14H2/t16-,20+/m0/s1. The minimum Gasteiger partial charge on any atom is -0.395 e. The van der Waals surface area contributed by atoms with E-state index in [1.54, 1.807) is 18.5 Å². The first-order valence-corrected chi connectivity index (χ1v) is 13.0. The second-order valence-electron chi connectivity index (χ2n) is 8.23. The number of nitrogens with zero attached hydrogens (tertiary/aromatic N) is 4. The van der Waals surface area contributed by atoms with E-state index in [0.717, 1.165) is 48.2 Å². The molecule has 8 nitrogen and oxygen atoms in total. The Morgan fingerprint density at radius 3 is 2.52 bits per heavy atom. The van der Waals surface area contributed by atoms with E-state index in [9.17, 15) is 8.42 Å². The molecule has 3 heterocycles. The quantitative estimate of drug-likeness (QED) is 0.548. The van der Waals surface area contributed by atoms with Gasteiger partial charge in [-0.15, -0.1) is 0 Å². The smallest absolute Gasteiger partial charge is 0.225 e. The molecule has 2 fully saturated rings. The number of sulfone groups is 1. The zero-order chi connectivity index (χ0) is 21.8. The van der Waals surface area contributed by atoms with E-state index < -0.39 is 16.4 Å². The van der Waals surface area contributed by atoms with Crippen LogP contribution in [0.2, 0.25) is 0 Å². The summed E-state index contributed by atoms with van der Waals surface area (Å²) in [6.07, 6.45) is 8.45. The molecule has 1 aliphatic heterocycles. The molecule has 4 rings (SSSR count). The topological polar surface area (TPSA) is 106 Å². The van der Waals surface area contributed by atoms with Crippen molar-refractivity contribution < 1.29 is 18.3 Å². The first-order valence-electron chi connectivity index (χ1n) is 10.5. The molecule has 2 aromatic heterocycles. The molecular formula is C21H27BrN4O4S. The summed E-state index contributed by atoms with van der Waals surface area (Å²) in [4.78, 5) is 15.4. The average Bonchev–Trinajstić information content (AvgIpc) is 3.54. The monoisotopic (exact) mass is 510 g/mol. The van der Waals surface area contributed by atoms with Gasteiger partial charge in [-0.2, -0.15) is 0 Å². The van der Waals surface area contributed by atoms with Crippen LogP contribution in [0.4, 0.5) is 5.95 Å². The molecule has 31 heavy (non-hydrogen) atoms. The lowest BCUT2D eigenvalue weighted by molar-refractivity contribution is 0.102. The van der Waals surface area contributed by atoms with Gasteiger partial charge in [0, 0.05) is 31.7 Å². The lowest BCUT2D eigenvalue weighted by Crippen LogP contribution is -2.35. The molecule has 0 aromatic carbocycles. The Labute approximate surface area is 191 Å². The molecule has 1 saturated carbocycles. The number of hydrogen-bond acceptors (Lipinski definition) is 8. The van der Waals surface area contributed by atoms with Crippen LogP contribution in [0.15, 0.2) is 40.1 Å². The fraction of sp³-hybridized carbons (Fsp3) is 0.571. The van der Waals surface area contributed by atoms with Crippen molar-refractivity contribution in [3.8, 4) is 0 Å². The van der Waals surface area contributed by atoms with Gasteiger partial charge in [-0.3, -0.25) is 4.98 Å². The van der Waals surface area contributed by atoms with Crippen LogP contribution in [-0.4, -0.2) is 60.5 Å². The predicted molar refractivity (Wildman–Crippen MR) is 119 cm³/mol. The number of halogens is 1. The van der Waals surface area contributed by atoms with Crippen LogP contribution >= 0.6 is 15.9 Å². The summed E-state index contributed by atoms with van der Waals surface area (Å²) in [6.45, 7) is 2.68. The molecular weight excluding hydrogens is 484 g/mol. The predicted octanol–water partition coefficient (Wildman–Crippen LogP) is 2.47. The van der Waals surface area contributed by atoms with Gasteiger partial charge in [-0.05, 0) is 65.1 Å². The fourth-order valence-electron chi connectivity index (χ4n) is 4.27. The molecule has 0 radical (unpaired) electrons. The molecule has 0 amide bonds. The number of aromatic nitrogens is 3. The Morgan fingerprint density at radius 1 is 1.13 bits per heavy atom. The number of ether oxygens (including phenoxy) is 1. The largest absolute Gasteiger partial charge is 0.395 e. The van der Waals surface area contributed by atoms with Crippen molar-refractivity contribution in [3.63, 3.8) is 0 Å². The summed E-state index contributed by atoms with van der Waals surface area (Å²) >= 11 is 3.37. The fourth-order valence-corrected chi connectivity index (χ4v) is 5.44. The molecule has 1 aliphatic carbocycles. The van der Waals surface area contributed by atoms with Crippen LogP contribution in [0.25, 0.3) is 0 Å². The number of aliphatic hydroxyl groups excluding tert-OH is 1. The molecule has 1 saturated heterocycles. The first kappa shape index (κ1) is 22.6. The molecule has 168 valence electrons. The number of aliphatic hydroxyl groups is 1. The molecule has 2 atom stereocenters. The molecule has 10 heteroatoms. The number of piperidine rings is 1. The zero-order valence-electron chi connectivity index (χ0n) is 17.2. The Kier molecular flexibility index (Phi) is 7.20. The summed E-state index contributed by atoms with van der Waals surface area (Å²) in [7, 11) is -3.46. The van der Waals surface area contributed by atoms with Gasteiger partial charge in [0.2, 0.25) is 5.95 Å². The van der Waals surface area contributed by atoms with Gasteiger partial charge < -0.3 is 14.7 Å². The van der Waals surface area contributed by atoms with Gasteiger partial charge in [0.15, 0.2) is 9.84 Å². The third kappa shape index (κ3) is 5.79.